The summed E-state index contributed by atoms with van der Waals surface area (Å²) in [5.41, 5.74) is 11.7. The Balaban J connectivity index is 1.62. The number of thiocarbonyl (C=S) groups is 1. The van der Waals surface area contributed by atoms with E-state index in [1.165, 1.54) is 37.0 Å². The molecule has 4 rings (SSSR count). The van der Waals surface area contributed by atoms with Gasteiger partial charge in [0.25, 0.3) is 0 Å². The zero-order chi connectivity index (χ0) is 17.8. The van der Waals surface area contributed by atoms with E-state index in [9.17, 15) is 5.11 Å². The number of aliphatic hydroxyl groups is 1. The number of allylic oxidation sites excluding steroid dienone is 1. The molecule has 4 nitrogen and oxygen atoms in total. The molecular formula is C20H31N3OS. The largest absolute Gasteiger partial charge is 0.393 e. The molecule has 4 aliphatic rings. The fourth-order valence-corrected chi connectivity index (χ4v) is 6.78. The third-order valence-electron chi connectivity index (χ3n) is 8.12. The van der Waals surface area contributed by atoms with Crippen molar-refractivity contribution in [2.24, 2.45) is 39.4 Å². The van der Waals surface area contributed by atoms with Crippen molar-refractivity contribution in [2.45, 2.75) is 71.3 Å². The molecule has 0 aromatic rings. The Hall–Kier alpha value is -0.940. The molecule has 6 atom stereocenters. The van der Waals surface area contributed by atoms with Gasteiger partial charge in [0, 0.05) is 11.1 Å². The highest BCUT2D eigenvalue weighted by atomic mass is 32.1. The summed E-state index contributed by atoms with van der Waals surface area (Å²) in [7, 11) is 0. The number of rotatable bonds is 1. The lowest BCUT2D eigenvalue weighted by Gasteiger charge is -2.57. The lowest BCUT2D eigenvalue weighted by molar-refractivity contribution is -0.0209. The van der Waals surface area contributed by atoms with E-state index in [1.54, 1.807) is 0 Å². The highest BCUT2D eigenvalue weighted by Gasteiger charge is 2.57. The van der Waals surface area contributed by atoms with Crippen LogP contribution in [-0.4, -0.2) is 22.0 Å². The third kappa shape index (κ3) is 2.66. The van der Waals surface area contributed by atoms with Gasteiger partial charge in [0.2, 0.25) is 0 Å². The molecule has 0 radical (unpaired) electrons. The molecule has 0 aromatic carbocycles. The molecular weight excluding hydrogens is 330 g/mol. The number of fused-ring (bicyclic) bond motifs is 5. The first-order chi connectivity index (χ1) is 11.8. The monoisotopic (exact) mass is 361 g/mol. The second kappa shape index (κ2) is 6.05. The maximum absolute atomic E-state index is 10.1. The standard InChI is InChI=1S/C20H31N3OS/c1-19-9-7-13(24)11-12(19)3-4-14-15-5-6-17(22-23-18(21)25)20(15,2)10-8-16(14)19/h3,13-16,24H,4-11H2,1-2H3,(H3,21,23,25)/b22-17+/t13-,14-,15-,16+,19-,20-/m0/s1. The summed E-state index contributed by atoms with van der Waals surface area (Å²) in [5, 5.41) is 14.9. The third-order valence-corrected chi connectivity index (χ3v) is 8.21. The van der Waals surface area contributed by atoms with Crippen LogP contribution >= 0.6 is 12.2 Å². The highest BCUT2D eigenvalue weighted by molar-refractivity contribution is 7.80. The Bertz CT molecular complexity index is 645. The van der Waals surface area contributed by atoms with Crippen LogP contribution < -0.4 is 11.2 Å². The smallest absolute Gasteiger partial charge is 0.184 e. The fourth-order valence-electron chi connectivity index (χ4n) is 6.74. The Labute approximate surface area is 156 Å². The van der Waals surface area contributed by atoms with E-state index in [0.29, 0.717) is 11.3 Å². The molecule has 0 spiro atoms. The second-order valence-corrected chi connectivity index (χ2v) is 9.63. The summed E-state index contributed by atoms with van der Waals surface area (Å²) in [4.78, 5) is 0. The number of hydrogen-bond donors (Lipinski definition) is 3. The van der Waals surface area contributed by atoms with Gasteiger partial charge in [-0.05, 0) is 86.8 Å². The molecule has 0 saturated heterocycles. The van der Waals surface area contributed by atoms with Crippen molar-refractivity contribution < 1.29 is 5.11 Å². The lowest BCUT2D eigenvalue weighted by Crippen LogP contribution is -2.50. The maximum Gasteiger partial charge on any atom is 0.184 e. The van der Waals surface area contributed by atoms with Crippen LogP contribution in [0, 0.1) is 28.6 Å². The van der Waals surface area contributed by atoms with E-state index < -0.39 is 0 Å². The molecule has 138 valence electrons. The van der Waals surface area contributed by atoms with E-state index in [-0.39, 0.29) is 16.6 Å². The van der Waals surface area contributed by atoms with Gasteiger partial charge < -0.3 is 10.8 Å². The molecule has 25 heavy (non-hydrogen) atoms. The highest BCUT2D eigenvalue weighted by Crippen LogP contribution is 2.64. The van der Waals surface area contributed by atoms with Crippen molar-refractivity contribution in [3.63, 3.8) is 0 Å². The summed E-state index contributed by atoms with van der Waals surface area (Å²) >= 11 is 4.93. The van der Waals surface area contributed by atoms with Gasteiger partial charge >= 0.3 is 0 Å². The van der Waals surface area contributed by atoms with E-state index in [2.05, 4.69) is 30.5 Å². The van der Waals surface area contributed by atoms with Crippen LogP contribution in [-0.2, 0) is 0 Å². The minimum atomic E-state index is -0.124. The summed E-state index contributed by atoms with van der Waals surface area (Å²) in [6.45, 7) is 4.88. The first-order valence-corrected chi connectivity index (χ1v) is 10.3. The topological polar surface area (TPSA) is 70.6 Å². The Morgan fingerprint density at radius 2 is 1.96 bits per heavy atom. The predicted octanol–water partition coefficient (Wildman–Crippen LogP) is 3.50. The average molecular weight is 362 g/mol. The van der Waals surface area contributed by atoms with Crippen molar-refractivity contribution >= 4 is 23.0 Å². The second-order valence-electron chi connectivity index (χ2n) is 9.19. The number of aliphatic hydroxyl groups excluding tert-OH is 1. The van der Waals surface area contributed by atoms with Crippen LogP contribution in [0.5, 0.6) is 0 Å². The van der Waals surface area contributed by atoms with Crippen LogP contribution in [0.4, 0.5) is 0 Å². The molecule has 3 fully saturated rings. The van der Waals surface area contributed by atoms with Crippen LogP contribution in [0.3, 0.4) is 0 Å². The van der Waals surface area contributed by atoms with E-state index in [1.807, 2.05) is 0 Å². The summed E-state index contributed by atoms with van der Waals surface area (Å²) in [5.74, 6) is 2.22. The SMILES string of the molecule is C[C@]12CC[C@H](O)CC1=CC[C@@H]1[C@H]2CC[C@]2(C)/C(=N/NC(N)=S)CC[C@@H]12. The van der Waals surface area contributed by atoms with Crippen LogP contribution in [0.1, 0.15) is 65.2 Å². The van der Waals surface area contributed by atoms with E-state index in [4.69, 9.17) is 18.0 Å². The fraction of sp³-hybridized carbons (Fsp3) is 0.800. The Kier molecular flexibility index (Phi) is 4.23. The zero-order valence-electron chi connectivity index (χ0n) is 15.4. The summed E-state index contributed by atoms with van der Waals surface area (Å²) < 4.78 is 0. The van der Waals surface area contributed by atoms with Crippen LogP contribution in [0.2, 0.25) is 0 Å². The maximum atomic E-state index is 10.1. The molecule has 0 heterocycles. The van der Waals surface area contributed by atoms with Crippen molar-refractivity contribution in [1.29, 1.82) is 0 Å². The molecule has 5 heteroatoms. The van der Waals surface area contributed by atoms with E-state index in [0.717, 1.165) is 37.5 Å². The average Bonchev–Trinajstić information content (AvgIpc) is 2.90. The minimum absolute atomic E-state index is 0.124. The molecule has 0 aliphatic heterocycles. The van der Waals surface area contributed by atoms with Gasteiger partial charge in [0.15, 0.2) is 5.11 Å². The minimum Gasteiger partial charge on any atom is -0.393 e. The van der Waals surface area contributed by atoms with Crippen LogP contribution in [0.15, 0.2) is 16.8 Å². The number of nitrogens with two attached hydrogens (primary N) is 1. The number of hydrogen-bond acceptors (Lipinski definition) is 3. The molecule has 0 amide bonds. The zero-order valence-corrected chi connectivity index (χ0v) is 16.2. The van der Waals surface area contributed by atoms with Crippen molar-refractivity contribution in [1.82, 2.24) is 5.43 Å². The van der Waals surface area contributed by atoms with Gasteiger partial charge in [-0.25, -0.2) is 0 Å². The van der Waals surface area contributed by atoms with Gasteiger partial charge in [-0.15, -0.1) is 0 Å². The first-order valence-electron chi connectivity index (χ1n) is 9.84. The number of nitrogens with one attached hydrogen (secondary N) is 1. The molecule has 0 bridgehead atoms. The molecule has 3 saturated carbocycles. The Morgan fingerprint density at radius 1 is 1.24 bits per heavy atom. The van der Waals surface area contributed by atoms with Gasteiger partial charge in [-0.1, -0.05) is 25.5 Å². The first kappa shape index (κ1) is 17.5. The van der Waals surface area contributed by atoms with Crippen molar-refractivity contribution in [3.05, 3.63) is 11.6 Å². The van der Waals surface area contributed by atoms with Gasteiger partial charge in [0.1, 0.15) is 0 Å². The summed E-state index contributed by atoms with van der Waals surface area (Å²) in [6, 6.07) is 0. The number of nitrogens with zero attached hydrogens (tertiary/aromatic N) is 1. The Morgan fingerprint density at radius 3 is 2.72 bits per heavy atom. The quantitative estimate of drug-likeness (QED) is 0.380. The molecule has 4 aliphatic carbocycles. The molecule has 4 N–H and O–H groups in total. The van der Waals surface area contributed by atoms with Gasteiger partial charge in [-0.3, -0.25) is 5.43 Å². The molecule has 0 aromatic heterocycles. The van der Waals surface area contributed by atoms with Gasteiger partial charge in [0.05, 0.1) is 6.10 Å². The van der Waals surface area contributed by atoms with Gasteiger partial charge in [-0.2, -0.15) is 5.10 Å². The lowest BCUT2D eigenvalue weighted by atomic mass is 9.48. The molecule has 0 unspecified atom stereocenters. The summed E-state index contributed by atoms with van der Waals surface area (Å²) in [6.07, 6.45) is 11.3. The normalized spacial score (nSPS) is 47.5. The van der Waals surface area contributed by atoms with E-state index >= 15 is 0 Å². The number of hydrazone groups is 1. The van der Waals surface area contributed by atoms with Crippen LogP contribution in [0.25, 0.3) is 0 Å². The predicted molar refractivity (Wildman–Crippen MR) is 105 cm³/mol. The van der Waals surface area contributed by atoms with Crippen molar-refractivity contribution in [2.75, 3.05) is 0 Å². The van der Waals surface area contributed by atoms with Crippen molar-refractivity contribution in [3.8, 4) is 0 Å².